The van der Waals surface area contributed by atoms with Gasteiger partial charge in [-0.15, -0.1) is 0 Å². The minimum Gasteiger partial charge on any atom is -0.331 e. The third-order valence-corrected chi connectivity index (χ3v) is 3.78. The number of rotatable bonds is 5. The van der Waals surface area contributed by atoms with E-state index in [1.54, 1.807) is 30.4 Å². The highest BCUT2D eigenvalue weighted by molar-refractivity contribution is 7.80. The normalized spacial score (nSPS) is 11.0. The molecule has 0 bridgehead atoms. The van der Waals surface area contributed by atoms with Crippen molar-refractivity contribution in [2.45, 2.75) is 13.8 Å². The summed E-state index contributed by atoms with van der Waals surface area (Å²) in [5, 5.41) is 18.3. The van der Waals surface area contributed by atoms with Crippen LogP contribution >= 0.6 is 12.2 Å². The molecule has 0 fully saturated rings. The van der Waals surface area contributed by atoms with E-state index in [1.807, 2.05) is 32.0 Å². The second-order valence-corrected chi connectivity index (χ2v) is 5.67. The molecule has 0 amide bonds. The Labute approximate surface area is 151 Å². The van der Waals surface area contributed by atoms with E-state index in [0.717, 1.165) is 11.3 Å². The summed E-state index contributed by atoms with van der Waals surface area (Å²) in [5.41, 5.74) is 6.47. The molecule has 2 aromatic carbocycles. The maximum Gasteiger partial charge on any atom is 0.276 e. The maximum atomic E-state index is 10.9. The molecule has 0 aliphatic heterocycles. The fourth-order valence-corrected chi connectivity index (χ4v) is 2.28. The van der Waals surface area contributed by atoms with E-state index in [4.69, 9.17) is 12.2 Å². The zero-order valence-electron chi connectivity index (χ0n) is 13.9. The Morgan fingerprint density at radius 3 is 2.72 bits per heavy atom. The molecule has 0 unspecified atom stereocenters. The average molecular weight is 354 g/mol. The molecular formula is C18H18N4O2S. The van der Waals surface area contributed by atoms with E-state index in [0.29, 0.717) is 10.7 Å². The van der Waals surface area contributed by atoms with Gasteiger partial charge in [0.05, 0.1) is 10.5 Å². The van der Waals surface area contributed by atoms with Crippen molar-refractivity contribution >= 4 is 41.0 Å². The maximum absolute atomic E-state index is 10.9. The van der Waals surface area contributed by atoms with Crippen molar-refractivity contribution in [3.63, 3.8) is 0 Å². The number of hydrogen-bond donors (Lipinski definition) is 2. The van der Waals surface area contributed by atoms with Gasteiger partial charge in [-0.1, -0.05) is 24.3 Å². The van der Waals surface area contributed by atoms with Crippen LogP contribution in [0.5, 0.6) is 0 Å². The lowest BCUT2D eigenvalue weighted by Gasteiger charge is -2.11. The van der Waals surface area contributed by atoms with Crippen LogP contribution in [0.1, 0.15) is 16.7 Å². The third-order valence-electron chi connectivity index (χ3n) is 3.59. The Morgan fingerprint density at radius 2 is 1.96 bits per heavy atom. The SMILES string of the molecule is Cc1cccc(NC(=S)NN=CC=Cc2ccccc2[N+](=O)[O-])c1C. The molecule has 25 heavy (non-hydrogen) atoms. The number of nitrogens with one attached hydrogen (secondary N) is 2. The van der Waals surface area contributed by atoms with Crippen molar-refractivity contribution in [1.82, 2.24) is 5.43 Å². The summed E-state index contributed by atoms with van der Waals surface area (Å²) in [6, 6.07) is 12.4. The van der Waals surface area contributed by atoms with Crippen LogP contribution in [0.25, 0.3) is 6.08 Å². The first-order valence-corrected chi connectivity index (χ1v) is 7.96. The quantitative estimate of drug-likeness (QED) is 0.364. The molecule has 2 N–H and O–H groups in total. The number of para-hydroxylation sites is 1. The average Bonchev–Trinajstić information content (AvgIpc) is 2.59. The monoisotopic (exact) mass is 354 g/mol. The number of hydrazone groups is 1. The molecular weight excluding hydrogens is 336 g/mol. The van der Waals surface area contributed by atoms with Gasteiger partial charge in [-0.3, -0.25) is 15.5 Å². The second-order valence-electron chi connectivity index (χ2n) is 5.27. The summed E-state index contributed by atoms with van der Waals surface area (Å²) in [5.74, 6) is 0. The fourth-order valence-electron chi connectivity index (χ4n) is 2.12. The number of nitrogens with zero attached hydrogens (tertiary/aromatic N) is 2. The van der Waals surface area contributed by atoms with E-state index in [9.17, 15) is 10.1 Å². The van der Waals surface area contributed by atoms with Gasteiger partial charge in [0, 0.05) is 18.0 Å². The smallest absolute Gasteiger partial charge is 0.276 e. The highest BCUT2D eigenvalue weighted by Gasteiger charge is 2.08. The molecule has 0 aromatic heterocycles. The van der Waals surface area contributed by atoms with Gasteiger partial charge in [-0.05, 0) is 61.5 Å². The summed E-state index contributed by atoms with van der Waals surface area (Å²) in [6.07, 6.45) is 4.70. The van der Waals surface area contributed by atoms with Gasteiger partial charge in [0.2, 0.25) is 0 Å². The summed E-state index contributed by atoms with van der Waals surface area (Å²) < 4.78 is 0. The van der Waals surface area contributed by atoms with Crippen LogP contribution in [0.3, 0.4) is 0 Å². The van der Waals surface area contributed by atoms with Gasteiger partial charge < -0.3 is 5.32 Å². The highest BCUT2D eigenvalue weighted by atomic mass is 32.1. The van der Waals surface area contributed by atoms with Gasteiger partial charge >= 0.3 is 0 Å². The van der Waals surface area contributed by atoms with E-state index >= 15 is 0 Å². The first-order chi connectivity index (χ1) is 12.0. The van der Waals surface area contributed by atoms with Crippen LogP contribution in [0, 0.1) is 24.0 Å². The van der Waals surface area contributed by atoms with Crippen LogP contribution in [0.4, 0.5) is 11.4 Å². The molecule has 7 heteroatoms. The topological polar surface area (TPSA) is 79.6 Å². The third kappa shape index (κ3) is 5.22. The van der Waals surface area contributed by atoms with Crippen LogP contribution < -0.4 is 10.7 Å². The van der Waals surface area contributed by atoms with Gasteiger partial charge in [-0.2, -0.15) is 5.10 Å². The van der Waals surface area contributed by atoms with Crippen molar-refractivity contribution in [2.75, 3.05) is 5.32 Å². The van der Waals surface area contributed by atoms with Crippen molar-refractivity contribution in [2.24, 2.45) is 5.10 Å². The molecule has 0 atom stereocenters. The van der Waals surface area contributed by atoms with E-state index in [1.165, 1.54) is 17.8 Å². The van der Waals surface area contributed by atoms with Crippen LogP contribution in [-0.2, 0) is 0 Å². The number of allylic oxidation sites excluding steroid dienone is 1. The number of anilines is 1. The van der Waals surface area contributed by atoms with Crippen molar-refractivity contribution in [3.8, 4) is 0 Å². The second kappa shape index (κ2) is 8.70. The molecule has 0 radical (unpaired) electrons. The zero-order chi connectivity index (χ0) is 18.2. The molecule has 0 aliphatic rings. The first-order valence-electron chi connectivity index (χ1n) is 7.55. The predicted octanol–water partition coefficient (Wildman–Crippen LogP) is 4.20. The number of aryl methyl sites for hydroxylation is 1. The Balaban J connectivity index is 1.92. The highest BCUT2D eigenvalue weighted by Crippen LogP contribution is 2.19. The molecule has 0 heterocycles. The van der Waals surface area contributed by atoms with Gasteiger partial charge in [0.25, 0.3) is 5.69 Å². The lowest BCUT2D eigenvalue weighted by molar-refractivity contribution is -0.385. The summed E-state index contributed by atoms with van der Waals surface area (Å²) in [7, 11) is 0. The summed E-state index contributed by atoms with van der Waals surface area (Å²) in [6.45, 7) is 4.04. The number of thiocarbonyl (C=S) groups is 1. The first kappa shape index (κ1) is 18.3. The Morgan fingerprint density at radius 1 is 1.20 bits per heavy atom. The molecule has 2 rings (SSSR count). The molecule has 128 valence electrons. The van der Waals surface area contributed by atoms with E-state index in [2.05, 4.69) is 15.8 Å². The Kier molecular flexibility index (Phi) is 6.36. The Bertz CT molecular complexity index is 847. The minimum absolute atomic E-state index is 0.0484. The van der Waals surface area contributed by atoms with Gasteiger partial charge in [0.15, 0.2) is 5.11 Å². The standard InChI is InChI=1S/C18H18N4O2S/c1-13-7-5-10-16(14(13)2)20-18(25)21-19-12-6-9-15-8-3-4-11-17(15)22(23)24/h3-12H,1-2H3,(H2,20,21,25). The number of nitro benzene ring substituents is 1. The molecule has 6 nitrogen and oxygen atoms in total. The van der Waals surface area contributed by atoms with Gasteiger partial charge in [0.1, 0.15) is 0 Å². The van der Waals surface area contributed by atoms with Crippen LogP contribution in [0.2, 0.25) is 0 Å². The fraction of sp³-hybridized carbons (Fsp3) is 0.111. The Hall–Kier alpha value is -3.06. The number of nitro groups is 1. The van der Waals surface area contributed by atoms with Crippen LogP contribution in [0.15, 0.2) is 53.6 Å². The van der Waals surface area contributed by atoms with Crippen LogP contribution in [-0.4, -0.2) is 16.3 Å². The minimum atomic E-state index is -0.418. The van der Waals surface area contributed by atoms with Crippen molar-refractivity contribution in [3.05, 3.63) is 75.3 Å². The van der Waals surface area contributed by atoms with Crippen molar-refractivity contribution < 1.29 is 4.92 Å². The molecule has 0 spiro atoms. The molecule has 0 saturated carbocycles. The van der Waals surface area contributed by atoms with Crippen molar-refractivity contribution in [1.29, 1.82) is 0 Å². The zero-order valence-corrected chi connectivity index (χ0v) is 14.7. The largest absolute Gasteiger partial charge is 0.331 e. The van der Waals surface area contributed by atoms with Gasteiger partial charge in [-0.25, -0.2) is 0 Å². The van der Waals surface area contributed by atoms with E-state index < -0.39 is 4.92 Å². The lowest BCUT2D eigenvalue weighted by Crippen LogP contribution is -2.24. The number of benzene rings is 2. The summed E-state index contributed by atoms with van der Waals surface area (Å²) >= 11 is 5.19. The molecule has 0 saturated heterocycles. The number of hydrogen-bond acceptors (Lipinski definition) is 4. The lowest BCUT2D eigenvalue weighted by atomic mass is 10.1. The summed E-state index contributed by atoms with van der Waals surface area (Å²) in [4.78, 5) is 10.5. The van der Waals surface area contributed by atoms with E-state index in [-0.39, 0.29) is 5.69 Å². The molecule has 2 aromatic rings. The molecule has 0 aliphatic carbocycles. The predicted molar refractivity (Wildman–Crippen MR) is 106 cm³/mol.